The number of halogens is 1. The van der Waals surface area contributed by atoms with E-state index in [1.54, 1.807) is 44.2 Å². The van der Waals surface area contributed by atoms with Gasteiger partial charge in [-0.25, -0.2) is 28.5 Å². The number of carbonyl (C=O) groups excluding carboxylic acids is 2. The third-order valence-electron chi connectivity index (χ3n) is 14.4. The van der Waals surface area contributed by atoms with Crippen molar-refractivity contribution in [2.45, 2.75) is 147 Å². The number of nitrogens with one attached hydrogen (secondary N) is 3. The van der Waals surface area contributed by atoms with Gasteiger partial charge in [-0.1, -0.05) is 73.6 Å². The van der Waals surface area contributed by atoms with E-state index in [0.29, 0.717) is 0 Å². The van der Waals surface area contributed by atoms with Gasteiger partial charge in [0.25, 0.3) is 11.5 Å². The number of phosphoric acid groups is 2. The molecule has 77 heavy (non-hydrogen) atoms. The molecule has 10 atom stereocenters. The number of phosphoric ester groups is 2. The molecule has 5 aromatic rings. The number of H-pyrrole nitrogens is 1. The Morgan fingerprint density at radius 3 is 2.19 bits per heavy atom. The van der Waals surface area contributed by atoms with Crippen LogP contribution in [0.1, 0.15) is 84.6 Å². The van der Waals surface area contributed by atoms with E-state index in [1.165, 1.54) is 15.5 Å². The molecule has 3 aliphatic heterocycles. The van der Waals surface area contributed by atoms with Crippen LogP contribution in [0.3, 0.4) is 0 Å². The molecule has 7 heterocycles. The summed E-state index contributed by atoms with van der Waals surface area (Å²) in [6.45, 7) is 20.7. The van der Waals surface area contributed by atoms with E-state index in [1.807, 2.05) is 73.8 Å². The molecule has 3 aliphatic rings. The highest BCUT2D eigenvalue weighted by atomic mass is 31.2. The van der Waals surface area contributed by atoms with Gasteiger partial charge in [0.05, 0.1) is 44.0 Å². The Morgan fingerprint density at radius 2 is 1.55 bits per heavy atom. The van der Waals surface area contributed by atoms with Crippen LogP contribution in [0.15, 0.2) is 54.0 Å². The van der Waals surface area contributed by atoms with E-state index in [2.05, 4.69) is 35.6 Å². The standard InChI is InChI=1S/C47H65FN10O15P2Si2/c1-26(2)40(59)55-45-54-39-32(42(61)56-45)52-25-58(39)43-35-34(72-76(9,10)46(3,4)5)30(69-43)22-66-74(62,63)70-33-29(23-67-75(64,71-35)65-20-16-19-49)68-44(36(33)73-77(11,12)47(6,7)8)57-21-28(48)31-37(50-24-51-38(31)57)53-41(60)27-17-14-13-15-18-27/h13-15,17-18,21,24-26,29-30,33-36,43-44H,16,20,22-23H2,1-12H3,(H,62,63)(H,50,51,53,60)(H2,54,55,56,59,61)/t29-,30-,33-,34-,35-,36-,43-,44-,75?/m1/s1. The molecule has 3 fully saturated rings. The average Bonchev–Trinajstić information content (AvgIpc) is 4.11. The van der Waals surface area contributed by atoms with Crippen molar-refractivity contribution in [3.05, 3.63) is 70.9 Å². The van der Waals surface area contributed by atoms with Crippen molar-refractivity contribution in [2.24, 2.45) is 5.92 Å². The molecule has 0 aliphatic carbocycles. The van der Waals surface area contributed by atoms with E-state index < -0.39 is 140 Å². The van der Waals surface area contributed by atoms with Crippen LogP contribution in [0, 0.1) is 23.1 Å². The number of anilines is 2. The predicted octanol–water partition coefficient (Wildman–Crippen LogP) is 8.08. The lowest BCUT2D eigenvalue weighted by Gasteiger charge is -2.41. The minimum absolute atomic E-state index is 0.0767. The van der Waals surface area contributed by atoms with Gasteiger partial charge in [-0.15, -0.1) is 0 Å². The Hall–Kier alpha value is -4.96. The molecule has 0 radical (unpaired) electrons. The molecule has 4 N–H and O–H groups in total. The smallest absolute Gasteiger partial charge is 0.408 e. The van der Waals surface area contributed by atoms with Gasteiger partial charge in [0.1, 0.15) is 48.8 Å². The molecule has 0 saturated carbocycles. The van der Waals surface area contributed by atoms with Crippen molar-refractivity contribution < 1.29 is 68.9 Å². The van der Waals surface area contributed by atoms with Crippen molar-refractivity contribution in [1.29, 1.82) is 5.26 Å². The highest BCUT2D eigenvalue weighted by Gasteiger charge is 2.58. The maximum atomic E-state index is 16.5. The summed E-state index contributed by atoms with van der Waals surface area (Å²) in [4.78, 5) is 71.3. The van der Waals surface area contributed by atoms with Crippen LogP contribution in [-0.2, 0) is 54.9 Å². The number of aromatic amines is 1. The molecule has 4 aromatic heterocycles. The third-order valence-corrected chi connectivity index (χ3v) is 25.8. The molecule has 1 aromatic carbocycles. The van der Waals surface area contributed by atoms with Gasteiger partial charge in [0, 0.05) is 17.7 Å². The first-order valence-corrected chi connectivity index (χ1v) is 33.6. The van der Waals surface area contributed by atoms with Gasteiger partial charge < -0.3 is 33.1 Å². The lowest BCUT2D eigenvalue weighted by atomic mass is 10.1. The second kappa shape index (κ2) is 21.9. The first-order valence-electron chi connectivity index (χ1n) is 24.8. The molecule has 8 rings (SSSR count). The number of fused-ring (bicyclic) bond motifs is 5. The minimum Gasteiger partial charge on any atom is -0.408 e. The molecule has 3 saturated heterocycles. The van der Waals surface area contributed by atoms with E-state index >= 15 is 8.96 Å². The monoisotopic (exact) mass is 1150 g/mol. The van der Waals surface area contributed by atoms with Gasteiger partial charge in [0.2, 0.25) is 11.9 Å². The first-order chi connectivity index (χ1) is 35.9. The van der Waals surface area contributed by atoms with Crippen LogP contribution in [0.4, 0.5) is 16.2 Å². The molecular formula is C47H65FN10O15P2Si2. The van der Waals surface area contributed by atoms with Crippen molar-refractivity contribution in [3.63, 3.8) is 0 Å². The zero-order valence-electron chi connectivity index (χ0n) is 44.7. The maximum Gasteiger partial charge on any atom is 0.475 e. The lowest BCUT2D eigenvalue weighted by Crippen LogP contribution is -2.50. The molecule has 2 bridgehead atoms. The van der Waals surface area contributed by atoms with Gasteiger partial charge in [-0.2, -0.15) is 10.2 Å². The van der Waals surface area contributed by atoms with Crippen LogP contribution < -0.4 is 16.2 Å². The number of imidazole rings is 1. The Bertz CT molecular complexity index is 3220. The van der Waals surface area contributed by atoms with Gasteiger partial charge in [-0.05, 0) is 48.4 Å². The summed E-state index contributed by atoms with van der Waals surface area (Å²) in [5.74, 6) is -2.80. The first kappa shape index (κ1) is 58.2. The van der Waals surface area contributed by atoms with E-state index in [4.69, 9.17) is 40.9 Å². The van der Waals surface area contributed by atoms with Gasteiger partial charge in [-0.3, -0.25) is 51.9 Å². The number of hydrogen-bond donors (Lipinski definition) is 4. The normalized spacial score (nSPS) is 27.7. The summed E-state index contributed by atoms with van der Waals surface area (Å²) in [5.41, 5.74) is -0.842. The summed E-state index contributed by atoms with van der Waals surface area (Å²) in [6, 6.07) is 10.2. The zero-order chi connectivity index (χ0) is 56.2. The topological polar surface area (TPSA) is 314 Å². The van der Waals surface area contributed by atoms with Crippen molar-refractivity contribution >= 4 is 78.1 Å². The highest BCUT2D eigenvalue weighted by Crippen LogP contribution is 2.58. The highest BCUT2D eigenvalue weighted by molar-refractivity contribution is 7.48. The number of benzene rings is 1. The Morgan fingerprint density at radius 1 is 0.896 bits per heavy atom. The summed E-state index contributed by atoms with van der Waals surface area (Å²) >= 11 is 0. The molecular weight excluding hydrogens is 1080 g/mol. The van der Waals surface area contributed by atoms with Crippen LogP contribution in [-0.4, -0.2) is 124 Å². The lowest BCUT2D eigenvalue weighted by molar-refractivity contribution is -0.118. The van der Waals surface area contributed by atoms with E-state index in [9.17, 15) is 29.1 Å². The van der Waals surface area contributed by atoms with Crippen molar-refractivity contribution in [3.8, 4) is 6.07 Å². The predicted molar refractivity (Wildman–Crippen MR) is 281 cm³/mol. The van der Waals surface area contributed by atoms with Crippen LogP contribution in [0.2, 0.25) is 36.3 Å². The molecule has 418 valence electrons. The fourth-order valence-electron chi connectivity index (χ4n) is 8.17. The average molecular weight is 1150 g/mol. The summed E-state index contributed by atoms with van der Waals surface area (Å²) in [5, 5.41) is 13.6. The number of nitrogens with zero attached hydrogens (tertiary/aromatic N) is 7. The van der Waals surface area contributed by atoms with Crippen LogP contribution in [0.25, 0.3) is 22.2 Å². The Kier molecular flexibility index (Phi) is 16.6. The SMILES string of the molecule is CC(C)C(=O)Nc1nc2c(ncn2[C@@H]2O[C@@H]3COP(=O)(O)O[C@H]4[C@@H](O[Si](C)(C)C(C)(C)C)[C@H](n5cc(F)c6c(NC(=O)c7ccccc7)ncnc65)O[C@@H]4COP(=O)(OCCC#N)O[C@@H]2[C@@H]3O[Si](C)(C)C(C)(C)C)c(=O)[nH]1. The van der Waals surface area contributed by atoms with E-state index in [-0.39, 0.29) is 45.9 Å². The summed E-state index contributed by atoms with van der Waals surface area (Å²) < 4.78 is 107. The van der Waals surface area contributed by atoms with Crippen molar-refractivity contribution in [1.82, 2.24) is 34.1 Å². The number of ether oxygens (including phenoxy) is 2. The fraction of sp³-hybridized carbons (Fsp3) is 0.574. The molecule has 2 unspecified atom stereocenters. The van der Waals surface area contributed by atoms with Gasteiger partial charge in [0.15, 0.2) is 51.7 Å². The van der Waals surface area contributed by atoms with E-state index in [0.717, 1.165) is 12.5 Å². The number of rotatable bonds is 13. The number of amides is 2. The van der Waals surface area contributed by atoms with Crippen molar-refractivity contribution in [2.75, 3.05) is 30.5 Å². The maximum absolute atomic E-state index is 16.5. The Balaban J connectivity index is 1.24. The number of nitriles is 1. The summed E-state index contributed by atoms with van der Waals surface area (Å²) in [6.07, 6.45) is -8.62. The Labute approximate surface area is 445 Å². The molecule has 30 heteroatoms. The largest absolute Gasteiger partial charge is 0.475 e. The molecule has 2 amide bonds. The fourth-order valence-corrected chi connectivity index (χ4v) is 13.1. The zero-order valence-corrected chi connectivity index (χ0v) is 48.5. The number of aromatic nitrogens is 7. The second-order valence-electron chi connectivity index (χ2n) is 22.2. The third kappa shape index (κ3) is 12.3. The van der Waals surface area contributed by atoms with Crippen LogP contribution in [0.5, 0.6) is 0 Å². The quantitative estimate of drug-likeness (QED) is 0.0491. The number of carbonyl (C=O) groups is 2. The second-order valence-corrected chi connectivity index (χ2v) is 34.8. The summed E-state index contributed by atoms with van der Waals surface area (Å²) in [7, 11) is -16.3. The molecule has 0 spiro atoms. The number of hydrogen-bond acceptors (Lipinski definition) is 19. The van der Waals surface area contributed by atoms with Gasteiger partial charge >= 0.3 is 15.6 Å². The molecule has 25 nitrogen and oxygen atoms in total. The minimum atomic E-state index is -5.31. The van der Waals surface area contributed by atoms with Crippen LogP contribution >= 0.6 is 15.6 Å².